The van der Waals surface area contributed by atoms with Crippen LogP contribution < -0.4 is 29.5 Å². The highest BCUT2D eigenvalue weighted by molar-refractivity contribution is 6.01. The zero-order chi connectivity index (χ0) is 20.5. The van der Waals surface area contributed by atoms with E-state index in [-0.39, 0.29) is 29.2 Å². The minimum Gasteiger partial charge on any atom is -0.545 e. The Bertz CT molecular complexity index is 863. The van der Waals surface area contributed by atoms with Gasteiger partial charge in [0.15, 0.2) is 18.1 Å². The van der Waals surface area contributed by atoms with E-state index in [1.54, 1.807) is 31.4 Å². The molecule has 148 valence electrons. The number of amides is 1. The summed E-state index contributed by atoms with van der Waals surface area (Å²) in [5.41, 5.74) is 2.19. The van der Waals surface area contributed by atoms with Crippen molar-refractivity contribution >= 4 is 18.1 Å². The molecule has 0 fully saturated rings. The molecule has 1 N–H and O–H groups in total. The summed E-state index contributed by atoms with van der Waals surface area (Å²) in [4.78, 5) is 23.3. The summed E-state index contributed by atoms with van der Waals surface area (Å²) in [6.07, 6.45) is 1.17. The van der Waals surface area contributed by atoms with E-state index in [4.69, 9.17) is 18.9 Å². The van der Waals surface area contributed by atoms with Crippen molar-refractivity contribution in [1.82, 2.24) is 5.43 Å². The van der Waals surface area contributed by atoms with Gasteiger partial charge in [-0.15, -0.1) is 0 Å². The normalized spacial score (nSPS) is 10.4. The molecule has 0 unspecified atom stereocenters. The minimum absolute atomic E-state index is 0.000570. The summed E-state index contributed by atoms with van der Waals surface area (Å²) in [6, 6.07) is 9.68. The molecule has 2 rings (SSSR count). The maximum Gasteiger partial charge on any atom is 0.277 e. The van der Waals surface area contributed by atoms with Crippen LogP contribution in [0, 0.1) is 0 Å². The summed E-state index contributed by atoms with van der Waals surface area (Å²) in [5, 5.41) is 15.2. The number of aromatic carboxylic acids is 1. The largest absolute Gasteiger partial charge is 0.545 e. The van der Waals surface area contributed by atoms with E-state index in [1.165, 1.54) is 32.6 Å². The van der Waals surface area contributed by atoms with Gasteiger partial charge in [0.05, 0.1) is 39.1 Å². The number of carbonyl (C=O) groups excluding carboxylic acids is 2. The lowest BCUT2D eigenvalue weighted by Gasteiger charge is -2.15. The fourth-order valence-electron chi connectivity index (χ4n) is 2.29. The molecule has 0 radical (unpaired) electrons. The van der Waals surface area contributed by atoms with Crippen molar-refractivity contribution in [1.29, 1.82) is 0 Å². The van der Waals surface area contributed by atoms with Crippen molar-refractivity contribution in [2.75, 3.05) is 27.9 Å². The Hall–Kier alpha value is -3.75. The molecule has 0 bridgehead atoms. The van der Waals surface area contributed by atoms with Crippen molar-refractivity contribution < 1.29 is 33.6 Å². The lowest BCUT2D eigenvalue weighted by Crippen LogP contribution is -2.26. The standard InChI is InChI=1S/C19H20N2O7/c1-25-13-5-7-14(8-6-13)28-11-16(22)21-20-10-12-4-9-15(26-2)18(27-3)17(12)19(23)24/h4-10H,11H2,1-3H3,(H,21,22)(H,23,24)/p-1/b20-10-. The summed E-state index contributed by atoms with van der Waals surface area (Å²) >= 11 is 0. The molecule has 0 spiro atoms. The van der Waals surface area contributed by atoms with Crippen LogP contribution in [0.2, 0.25) is 0 Å². The average molecular weight is 387 g/mol. The van der Waals surface area contributed by atoms with Gasteiger partial charge < -0.3 is 28.8 Å². The van der Waals surface area contributed by atoms with E-state index in [0.29, 0.717) is 11.5 Å². The molecule has 0 aliphatic rings. The Balaban J connectivity index is 2.01. The van der Waals surface area contributed by atoms with Crippen LogP contribution in [0.4, 0.5) is 0 Å². The van der Waals surface area contributed by atoms with Gasteiger partial charge in [-0.3, -0.25) is 4.79 Å². The van der Waals surface area contributed by atoms with Crippen LogP contribution in [0.1, 0.15) is 15.9 Å². The van der Waals surface area contributed by atoms with Crippen molar-refractivity contribution in [3.63, 3.8) is 0 Å². The van der Waals surface area contributed by atoms with Gasteiger partial charge in [-0.25, -0.2) is 5.43 Å². The molecule has 0 saturated heterocycles. The molecule has 2 aromatic rings. The van der Waals surface area contributed by atoms with E-state index < -0.39 is 11.9 Å². The van der Waals surface area contributed by atoms with Crippen LogP contribution >= 0.6 is 0 Å². The number of hydrogen-bond donors (Lipinski definition) is 1. The molecule has 0 saturated carbocycles. The Morgan fingerprint density at radius 1 is 1.00 bits per heavy atom. The number of ether oxygens (including phenoxy) is 4. The predicted molar refractivity (Wildman–Crippen MR) is 98.1 cm³/mol. The molecule has 0 aliphatic carbocycles. The van der Waals surface area contributed by atoms with Gasteiger partial charge in [0.1, 0.15) is 11.5 Å². The number of hydrogen-bond acceptors (Lipinski definition) is 8. The van der Waals surface area contributed by atoms with Gasteiger partial charge in [-0.05, 0) is 36.4 Å². The van der Waals surface area contributed by atoms with Crippen LogP contribution in [-0.2, 0) is 4.79 Å². The number of carboxylic acids is 1. The smallest absolute Gasteiger partial charge is 0.277 e. The molecular formula is C19H19N2O7-. The van der Waals surface area contributed by atoms with Crippen LogP contribution in [0.5, 0.6) is 23.0 Å². The molecule has 9 nitrogen and oxygen atoms in total. The van der Waals surface area contributed by atoms with E-state index in [9.17, 15) is 14.7 Å². The highest BCUT2D eigenvalue weighted by Gasteiger charge is 2.15. The average Bonchev–Trinajstić information content (AvgIpc) is 2.71. The molecular weight excluding hydrogens is 368 g/mol. The minimum atomic E-state index is -1.47. The second kappa shape index (κ2) is 9.81. The number of carbonyl (C=O) groups is 2. The highest BCUT2D eigenvalue weighted by Crippen LogP contribution is 2.32. The van der Waals surface area contributed by atoms with E-state index in [1.807, 2.05) is 0 Å². The van der Waals surface area contributed by atoms with E-state index >= 15 is 0 Å². The van der Waals surface area contributed by atoms with Crippen molar-refractivity contribution in [2.24, 2.45) is 5.10 Å². The molecule has 0 aromatic heterocycles. The molecule has 1 amide bonds. The molecule has 28 heavy (non-hydrogen) atoms. The maximum atomic E-state index is 11.8. The summed E-state index contributed by atoms with van der Waals surface area (Å²) in [6.45, 7) is -0.275. The quantitative estimate of drug-likeness (QED) is 0.494. The number of carboxylic acid groups (broad SMARTS) is 1. The van der Waals surface area contributed by atoms with Gasteiger partial charge in [-0.2, -0.15) is 5.10 Å². The fourth-order valence-corrected chi connectivity index (χ4v) is 2.29. The molecule has 9 heteroatoms. The topological polar surface area (TPSA) is 119 Å². The first-order chi connectivity index (χ1) is 13.5. The second-order valence-electron chi connectivity index (χ2n) is 5.31. The first kappa shape index (κ1) is 20.6. The second-order valence-corrected chi connectivity index (χ2v) is 5.31. The number of methoxy groups -OCH3 is 3. The summed E-state index contributed by atoms with van der Waals surface area (Å²) < 4.78 is 20.5. The molecule has 2 aromatic carbocycles. The summed E-state index contributed by atoms with van der Waals surface area (Å²) in [5.74, 6) is -0.607. The van der Waals surface area contributed by atoms with Crippen LogP contribution in [-0.4, -0.2) is 46.0 Å². The van der Waals surface area contributed by atoms with Crippen LogP contribution in [0.3, 0.4) is 0 Å². The lowest BCUT2D eigenvalue weighted by molar-refractivity contribution is -0.255. The van der Waals surface area contributed by atoms with Gasteiger partial charge in [0, 0.05) is 5.56 Å². The Morgan fingerprint density at radius 2 is 1.68 bits per heavy atom. The van der Waals surface area contributed by atoms with Gasteiger partial charge in [0.2, 0.25) is 0 Å². The predicted octanol–water partition coefficient (Wildman–Crippen LogP) is 0.605. The molecule has 0 heterocycles. The number of rotatable bonds is 9. The molecule has 0 atom stereocenters. The summed E-state index contributed by atoms with van der Waals surface area (Å²) in [7, 11) is 4.24. The third kappa shape index (κ3) is 5.13. The van der Waals surface area contributed by atoms with E-state index in [2.05, 4.69) is 10.5 Å². The Labute approximate surface area is 161 Å². The first-order valence-corrected chi connectivity index (χ1v) is 8.05. The monoisotopic (exact) mass is 387 g/mol. The SMILES string of the molecule is COc1ccc(OCC(=O)N/N=C\c2ccc(OC)c(OC)c2C(=O)[O-])cc1. The van der Waals surface area contributed by atoms with Crippen molar-refractivity contribution in [3.05, 3.63) is 47.5 Å². The zero-order valence-corrected chi connectivity index (χ0v) is 15.6. The van der Waals surface area contributed by atoms with Crippen LogP contribution in [0.25, 0.3) is 0 Å². The third-order valence-corrected chi connectivity index (χ3v) is 3.60. The Kier molecular flexibility index (Phi) is 7.21. The Morgan fingerprint density at radius 3 is 2.25 bits per heavy atom. The van der Waals surface area contributed by atoms with E-state index in [0.717, 1.165) is 0 Å². The van der Waals surface area contributed by atoms with Crippen LogP contribution in [0.15, 0.2) is 41.5 Å². The van der Waals surface area contributed by atoms with Gasteiger partial charge >= 0.3 is 0 Å². The van der Waals surface area contributed by atoms with Crippen molar-refractivity contribution in [2.45, 2.75) is 0 Å². The number of nitrogens with one attached hydrogen (secondary N) is 1. The highest BCUT2D eigenvalue weighted by atomic mass is 16.5. The number of benzene rings is 2. The van der Waals surface area contributed by atoms with Gasteiger partial charge in [-0.1, -0.05) is 0 Å². The third-order valence-electron chi connectivity index (χ3n) is 3.60. The zero-order valence-electron chi connectivity index (χ0n) is 15.6. The maximum absolute atomic E-state index is 11.8. The van der Waals surface area contributed by atoms with Gasteiger partial charge in [0.25, 0.3) is 5.91 Å². The number of hydrazone groups is 1. The molecule has 0 aliphatic heterocycles. The first-order valence-electron chi connectivity index (χ1n) is 8.05. The number of nitrogens with zero attached hydrogens (tertiary/aromatic N) is 1. The lowest BCUT2D eigenvalue weighted by atomic mass is 10.1. The van der Waals surface area contributed by atoms with Crippen molar-refractivity contribution in [3.8, 4) is 23.0 Å². The fraction of sp³-hybridized carbons (Fsp3) is 0.211.